The van der Waals surface area contributed by atoms with Crippen LogP contribution in [0.4, 0.5) is 17.6 Å². The van der Waals surface area contributed by atoms with Crippen molar-refractivity contribution in [3.05, 3.63) is 52.6 Å². The van der Waals surface area contributed by atoms with Gasteiger partial charge in [-0.1, -0.05) is 31.5 Å². The maximum atomic E-state index is 15.3. The van der Waals surface area contributed by atoms with E-state index in [1.807, 2.05) is 0 Å². The minimum Gasteiger partial charge on any atom is -0.491 e. The zero-order chi connectivity index (χ0) is 21.4. The molecular formula is C23H24F4O3. The molecule has 30 heavy (non-hydrogen) atoms. The highest BCUT2D eigenvalue weighted by atomic mass is 19.2. The minimum atomic E-state index is -2.35. The Morgan fingerprint density at radius 1 is 0.900 bits per heavy atom. The molecule has 2 atom stereocenters. The van der Waals surface area contributed by atoms with Crippen molar-refractivity contribution in [3.8, 4) is 16.9 Å². The first-order chi connectivity index (χ1) is 14.5. The molecule has 2 unspecified atom stereocenters. The summed E-state index contributed by atoms with van der Waals surface area (Å²) in [5.41, 5.74) is -0.617. The molecule has 0 bridgehead atoms. The van der Waals surface area contributed by atoms with Crippen LogP contribution in [0.5, 0.6) is 5.75 Å². The molecule has 2 aromatic carbocycles. The van der Waals surface area contributed by atoms with Crippen molar-refractivity contribution in [1.29, 1.82) is 0 Å². The van der Waals surface area contributed by atoms with Crippen LogP contribution in [-0.2, 0) is 9.47 Å². The SMILES string of the molecule is CCCC1COC(c2ccc3c(c2F)C(F)C(F)c2c-3ccc(OCC)c2F)OC1. The number of fused-ring (bicyclic) bond motifs is 3. The van der Waals surface area contributed by atoms with Gasteiger partial charge in [0.15, 0.2) is 30.2 Å². The van der Waals surface area contributed by atoms with Crippen LogP contribution in [-0.4, -0.2) is 19.8 Å². The largest absolute Gasteiger partial charge is 0.491 e. The molecule has 1 aliphatic carbocycles. The Bertz CT molecular complexity index is 925. The molecule has 3 nitrogen and oxygen atoms in total. The molecule has 7 heteroatoms. The van der Waals surface area contributed by atoms with Gasteiger partial charge in [-0.2, -0.15) is 0 Å². The molecule has 2 aromatic rings. The highest BCUT2D eigenvalue weighted by molar-refractivity contribution is 5.76. The van der Waals surface area contributed by atoms with Crippen LogP contribution < -0.4 is 4.74 Å². The summed E-state index contributed by atoms with van der Waals surface area (Å²) < 4.78 is 76.4. The van der Waals surface area contributed by atoms with Crippen molar-refractivity contribution in [2.24, 2.45) is 5.92 Å². The van der Waals surface area contributed by atoms with E-state index in [0.717, 1.165) is 12.8 Å². The van der Waals surface area contributed by atoms with Crippen LogP contribution in [0.3, 0.4) is 0 Å². The average Bonchev–Trinajstić information content (AvgIpc) is 2.74. The zero-order valence-electron chi connectivity index (χ0n) is 16.9. The summed E-state index contributed by atoms with van der Waals surface area (Å²) in [4.78, 5) is 0. The van der Waals surface area contributed by atoms with Crippen LogP contribution in [0.25, 0.3) is 11.1 Å². The number of alkyl halides is 2. The van der Waals surface area contributed by atoms with Gasteiger partial charge in [-0.25, -0.2) is 17.6 Å². The molecule has 4 rings (SSSR count). The maximum Gasteiger partial charge on any atom is 0.186 e. The third-order valence-corrected chi connectivity index (χ3v) is 5.67. The van der Waals surface area contributed by atoms with E-state index in [-0.39, 0.29) is 35.0 Å². The van der Waals surface area contributed by atoms with E-state index in [2.05, 4.69) is 6.92 Å². The van der Waals surface area contributed by atoms with Crippen molar-refractivity contribution < 1.29 is 31.8 Å². The topological polar surface area (TPSA) is 27.7 Å². The number of hydrogen-bond donors (Lipinski definition) is 0. The lowest BCUT2D eigenvalue weighted by atomic mass is 9.81. The number of hydrogen-bond acceptors (Lipinski definition) is 3. The van der Waals surface area contributed by atoms with E-state index in [9.17, 15) is 8.78 Å². The van der Waals surface area contributed by atoms with Crippen LogP contribution >= 0.6 is 0 Å². The average molecular weight is 424 g/mol. The first kappa shape index (κ1) is 21.1. The summed E-state index contributed by atoms with van der Waals surface area (Å²) in [6.45, 7) is 4.72. The van der Waals surface area contributed by atoms with Crippen molar-refractivity contribution in [2.75, 3.05) is 19.8 Å². The quantitative estimate of drug-likeness (QED) is 0.511. The second-order valence-corrected chi connectivity index (χ2v) is 7.66. The standard InChI is InChI=1S/C23H24F4O3/c1-3-5-12-10-29-23(30-11-12)15-7-6-13-14-8-9-16(28-4-2)20(25)18(14)22(27)21(26)17(13)19(15)24/h6-9,12,21-23H,3-5,10-11H2,1-2H3. The molecule has 1 fully saturated rings. The van der Waals surface area contributed by atoms with Crippen molar-refractivity contribution >= 4 is 0 Å². The third-order valence-electron chi connectivity index (χ3n) is 5.67. The number of ether oxygens (including phenoxy) is 3. The highest BCUT2D eigenvalue weighted by Crippen LogP contribution is 2.52. The lowest BCUT2D eigenvalue weighted by Crippen LogP contribution is -2.28. The van der Waals surface area contributed by atoms with E-state index in [0.29, 0.717) is 13.2 Å². The minimum absolute atomic E-state index is 0.0217. The molecule has 2 aliphatic rings. The summed E-state index contributed by atoms with van der Waals surface area (Å²) in [7, 11) is 0. The first-order valence-electron chi connectivity index (χ1n) is 10.3. The molecule has 0 saturated carbocycles. The maximum absolute atomic E-state index is 15.3. The number of halogens is 4. The molecule has 0 radical (unpaired) electrons. The van der Waals surface area contributed by atoms with Gasteiger partial charge in [0.1, 0.15) is 5.82 Å². The predicted octanol–water partition coefficient (Wildman–Crippen LogP) is 6.53. The lowest BCUT2D eigenvalue weighted by Gasteiger charge is -2.32. The molecule has 0 aromatic heterocycles. The fourth-order valence-electron chi connectivity index (χ4n) is 4.23. The molecular weight excluding hydrogens is 400 g/mol. The fourth-order valence-corrected chi connectivity index (χ4v) is 4.23. The Morgan fingerprint density at radius 2 is 1.50 bits per heavy atom. The number of rotatable bonds is 5. The van der Waals surface area contributed by atoms with E-state index >= 15 is 8.78 Å². The van der Waals surface area contributed by atoms with Gasteiger partial charge in [-0.3, -0.25) is 0 Å². The molecule has 0 amide bonds. The van der Waals surface area contributed by atoms with Gasteiger partial charge in [0.25, 0.3) is 0 Å². The van der Waals surface area contributed by atoms with Gasteiger partial charge in [0.05, 0.1) is 19.8 Å². The Morgan fingerprint density at radius 3 is 2.10 bits per heavy atom. The summed E-state index contributed by atoms with van der Waals surface area (Å²) in [5, 5.41) is 0. The molecule has 1 heterocycles. The van der Waals surface area contributed by atoms with Crippen molar-refractivity contribution in [3.63, 3.8) is 0 Å². The number of benzene rings is 2. The normalized spacial score (nSPS) is 25.5. The van der Waals surface area contributed by atoms with Gasteiger partial charge < -0.3 is 14.2 Å². The van der Waals surface area contributed by atoms with E-state index in [1.165, 1.54) is 24.3 Å². The Balaban J connectivity index is 1.73. The van der Waals surface area contributed by atoms with E-state index in [4.69, 9.17) is 14.2 Å². The Kier molecular flexibility index (Phi) is 6.02. The smallest absolute Gasteiger partial charge is 0.186 e. The van der Waals surface area contributed by atoms with Crippen LogP contribution in [0.2, 0.25) is 0 Å². The van der Waals surface area contributed by atoms with Crippen molar-refractivity contribution in [1.82, 2.24) is 0 Å². The molecule has 0 spiro atoms. The summed E-state index contributed by atoms with van der Waals surface area (Å²) in [6.07, 6.45) is -3.76. The third kappa shape index (κ3) is 3.48. The van der Waals surface area contributed by atoms with Crippen molar-refractivity contribution in [2.45, 2.75) is 45.3 Å². The van der Waals surface area contributed by atoms with Crippen LogP contribution in [0.1, 0.15) is 62.0 Å². The zero-order valence-corrected chi connectivity index (χ0v) is 16.9. The summed E-state index contributed by atoms with van der Waals surface area (Å²) in [6, 6.07) is 5.68. The second-order valence-electron chi connectivity index (χ2n) is 7.66. The second kappa shape index (κ2) is 8.55. The fraction of sp³-hybridized carbons (Fsp3) is 0.478. The van der Waals surface area contributed by atoms with Gasteiger partial charge in [0.2, 0.25) is 0 Å². The highest BCUT2D eigenvalue weighted by Gasteiger charge is 2.41. The van der Waals surface area contributed by atoms with E-state index in [1.54, 1.807) is 6.92 Å². The van der Waals surface area contributed by atoms with Gasteiger partial charge >= 0.3 is 0 Å². The summed E-state index contributed by atoms with van der Waals surface area (Å²) in [5.74, 6) is -1.80. The molecule has 1 aliphatic heterocycles. The van der Waals surface area contributed by atoms with Gasteiger partial charge in [-0.05, 0) is 30.5 Å². The Hall–Kier alpha value is -2.12. The van der Waals surface area contributed by atoms with Crippen LogP contribution in [0.15, 0.2) is 24.3 Å². The van der Waals surface area contributed by atoms with Crippen LogP contribution in [0, 0.1) is 17.6 Å². The van der Waals surface area contributed by atoms with E-state index < -0.39 is 41.4 Å². The summed E-state index contributed by atoms with van der Waals surface area (Å²) >= 11 is 0. The first-order valence-corrected chi connectivity index (χ1v) is 10.3. The Labute approximate surface area is 172 Å². The molecule has 1 saturated heterocycles. The van der Waals surface area contributed by atoms with Gasteiger partial charge in [-0.15, -0.1) is 0 Å². The predicted molar refractivity (Wildman–Crippen MR) is 104 cm³/mol. The lowest BCUT2D eigenvalue weighted by molar-refractivity contribution is -0.207. The molecule has 162 valence electrons. The monoisotopic (exact) mass is 424 g/mol. The molecule has 0 N–H and O–H groups in total. The van der Waals surface area contributed by atoms with Gasteiger partial charge in [0, 0.05) is 22.6 Å².